The predicted octanol–water partition coefficient (Wildman–Crippen LogP) is 0.940. The van der Waals surface area contributed by atoms with Gasteiger partial charge in [-0.25, -0.2) is 0 Å². The molecule has 8 heteroatoms. The number of esters is 1. The zero-order valence-corrected chi connectivity index (χ0v) is 11.3. The topological polar surface area (TPSA) is 58.6 Å². The molecule has 1 N–H and O–H groups in total. The number of likely N-dealkylation sites (tertiary alicyclic amines) is 1. The van der Waals surface area contributed by atoms with Crippen LogP contribution < -0.4 is 5.32 Å². The second-order valence-corrected chi connectivity index (χ2v) is 4.63. The molecule has 1 fully saturated rings. The molecule has 116 valence electrons. The first kappa shape index (κ1) is 16.7. The van der Waals surface area contributed by atoms with Crippen molar-refractivity contribution < 1.29 is 27.5 Å². The van der Waals surface area contributed by atoms with Gasteiger partial charge in [0.05, 0.1) is 25.6 Å². The van der Waals surface area contributed by atoms with Gasteiger partial charge < -0.3 is 15.0 Å². The van der Waals surface area contributed by atoms with Gasteiger partial charge in [0, 0.05) is 13.1 Å². The zero-order valence-electron chi connectivity index (χ0n) is 11.3. The summed E-state index contributed by atoms with van der Waals surface area (Å²) in [4.78, 5) is 24.6. The molecule has 0 aromatic heterocycles. The van der Waals surface area contributed by atoms with Crippen LogP contribution >= 0.6 is 0 Å². The molecule has 0 radical (unpaired) electrons. The lowest BCUT2D eigenvalue weighted by Crippen LogP contribution is -2.45. The third-order valence-corrected chi connectivity index (χ3v) is 3.07. The van der Waals surface area contributed by atoms with Crippen LogP contribution in [0.3, 0.4) is 0 Å². The largest absolute Gasteiger partial charge is 0.466 e. The lowest BCUT2D eigenvalue weighted by atomic mass is 9.97. The van der Waals surface area contributed by atoms with Crippen molar-refractivity contribution in [2.24, 2.45) is 5.92 Å². The minimum Gasteiger partial charge on any atom is -0.466 e. The van der Waals surface area contributed by atoms with Crippen LogP contribution in [0.5, 0.6) is 0 Å². The Morgan fingerprint density at radius 3 is 2.40 bits per heavy atom. The van der Waals surface area contributed by atoms with Crippen LogP contribution in [0.25, 0.3) is 0 Å². The normalized spacial score (nSPS) is 17.1. The number of piperidine rings is 1. The number of rotatable bonds is 5. The molecule has 1 saturated heterocycles. The molecule has 5 nitrogen and oxygen atoms in total. The molecule has 1 rings (SSSR count). The monoisotopic (exact) mass is 296 g/mol. The van der Waals surface area contributed by atoms with Gasteiger partial charge in [-0.2, -0.15) is 13.2 Å². The number of amides is 1. The van der Waals surface area contributed by atoms with E-state index in [1.54, 1.807) is 6.92 Å². The predicted molar refractivity (Wildman–Crippen MR) is 64.9 cm³/mol. The van der Waals surface area contributed by atoms with Crippen LogP contribution in [-0.2, 0) is 14.3 Å². The van der Waals surface area contributed by atoms with Gasteiger partial charge in [-0.05, 0) is 19.8 Å². The molecular weight excluding hydrogens is 277 g/mol. The van der Waals surface area contributed by atoms with E-state index >= 15 is 0 Å². The van der Waals surface area contributed by atoms with Gasteiger partial charge in [0.15, 0.2) is 0 Å². The van der Waals surface area contributed by atoms with Crippen LogP contribution in [0.4, 0.5) is 13.2 Å². The summed E-state index contributed by atoms with van der Waals surface area (Å²) in [6.07, 6.45) is -3.34. The first-order valence-corrected chi connectivity index (χ1v) is 6.55. The van der Waals surface area contributed by atoms with Crippen molar-refractivity contribution in [1.29, 1.82) is 0 Å². The lowest BCUT2D eigenvalue weighted by molar-refractivity contribution is -0.151. The first-order chi connectivity index (χ1) is 9.33. The van der Waals surface area contributed by atoms with Gasteiger partial charge in [0.25, 0.3) is 0 Å². The van der Waals surface area contributed by atoms with E-state index in [4.69, 9.17) is 4.74 Å². The number of carbonyl (C=O) groups excluding carboxylic acids is 2. The highest BCUT2D eigenvalue weighted by Crippen LogP contribution is 2.18. The van der Waals surface area contributed by atoms with E-state index in [0.29, 0.717) is 32.5 Å². The van der Waals surface area contributed by atoms with Crippen molar-refractivity contribution in [3.63, 3.8) is 0 Å². The van der Waals surface area contributed by atoms with Gasteiger partial charge in [-0.15, -0.1) is 0 Å². The fraction of sp³-hybridized carbons (Fsp3) is 0.833. The maximum atomic E-state index is 11.9. The van der Waals surface area contributed by atoms with Crippen LogP contribution in [-0.4, -0.2) is 55.7 Å². The van der Waals surface area contributed by atoms with Gasteiger partial charge >= 0.3 is 12.1 Å². The highest BCUT2D eigenvalue weighted by Gasteiger charge is 2.29. The summed E-state index contributed by atoms with van der Waals surface area (Å²) in [6, 6.07) is 0. The molecule has 0 aromatic rings. The van der Waals surface area contributed by atoms with Gasteiger partial charge in [0.2, 0.25) is 5.91 Å². The molecule has 0 aliphatic carbocycles. The summed E-state index contributed by atoms with van der Waals surface area (Å²) in [7, 11) is 0. The third kappa shape index (κ3) is 5.77. The van der Waals surface area contributed by atoms with Crippen molar-refractivity contribution in [3.8, 4) is 0 Å². The quantitative estimate of drug-likeness (QED) is 0.767. The molecule has 1 aliphatic rings. The van der Waals surface area contributed by atoms with Crippen molar-refractivity contribution in [1.82, 2.24) is 10.2 Å². The van der Waals surface area contributed by atoms with Gasteiger partial charge in [-0.1, -0.05) is 0 Å². The number of halogens is 3. The molecule has 0 saturated carbocycles. The first-order valence-electron chi connectivity index (χ1n) is 6.55. The number of hydrogen-bond donors (Lipinski definition) is 1. The molecule has 1 amide bonds. The van der Waals surface area contributed by atoms with Crippen molar-refractivity contribution in [3.05, 3.63) is 0 Å². The maximum absolute atomic E-state index is 11.9. The second kappa shape index (κ2) is 7.47. The summed E-state index contributed by atoms with van der Waals surface area (Å²) in [6.45, 7) is 1.26. The smallest absolute Gasteiger partial charge is 0.401 e. The molecule has 0 atom stereocenters. The Morgan fingerprint density at radius 2 is 1.90 bits per heavy atom. The number of nitrogens with one attached hydrogen (secondary N) is 1. The van der Waals surface area contributed by atoms with Gasteiger partial charge in [-0.3, -0.25) is 9.59 Å². The van der Waals surface area contributed by atoms with Crippen molar-refractivity contribution in [2.75, 3.05) is 32.8 Å². The Bertz CT molecular complexity index is 339. The van der Waals surface area contributed by atoms with Crippen LogP contribution in [0.2, 0.25) is 0 Å². The standard InChI is InChI=1S/C12H19F3N2O3/c1-2-20-11(19)9-3-5-17(6-4-9)10(18)7-16-8-12(13,14)15/h9,16H,2-8H2,1H3. The number of ether oxygens (including phenoxy) is 1. The highest BCUT2D eigenvalue weighted by molar-refractivity contribution is 5.79. The Balaban J connectivity index is 2.27. The molecule has 0 spiro atoms. The van der Waals surface area contributed by atoms with Crippen LogP contribution in [0, 0.1) is 5.92 Å². The van der Waals surface area contributed by atoms with E-state index in [-0.39, 0.29) is 24.3 Å². The fourth-order valence-corrected chi connectivity index (χ4v) is 2.05. The molecule has 0 aromatic carbocycles. The zero-order chi connectivity index (χ0) is 15.2. The Kier molecular flexibility index (Phi) is 6.25. The SMILES string of the molecule is CCOC(=O)C1CCN(C(=O)CNCC(F)(F)F)CC1. The molecule has 1 heterocycles. The minimum atomic E-state index is -4.32. The second-order valence-electron chi connectivity index (χ2n) is 4.63. The Hall–Kier alpha value is -1.31. The average Bonchev–Trinajstić information content (AvgIpc) is 2.37. The van der Waals surface area contributed by atoms with E-state index in [2.05, 4.69) is 5.32 Å². The van der Waals surface area contributed by atoms with Crippen molar-refractivity contribution in [2.45, 2.75) is 25.9 Å². The Morgan fingerprint density at radius 1 is 1.30 bits per heavy atom. The maximum Gasteiger partial charge on any atom is 0.401 e. The number of alkyl halides is 3. The molecule has 0 bridgehead atoms. The van der Waals surface area contributed by atoms with E-state index in [0.717, 1.165) is 0 Å². The summed E-state index contributed by atoms with van der Waals surface area (Å²) in [5.41, 5.74) is 0. The van der Waals surface area contributed by atoms with E-state index in [9.17, 15) is 22.8 Å². The van der Waals surface area contributed by atoms with Crippen LogP contribution in [0.1, 0.15) is 19.8 Å². The van der Waals surface area contributed by atoms with E-state index < -0.39 is 12.7 Å². The van der Waals surface area contributed by atoms with Crippen LogP contribution in [0.15, 0.2) is 0 Å². The molecule has 1 aliphatic heterocycles. The highest BCUT2D eigenvalue weighted by atomic mass is 19.4. The Labute approximate surface area is 115 Å². The van der Waals surface area contributed by atoms with Gasteiger partial charge in [0.1, 0.15) is 0 Å². The van der Waals surface area contributed by atoms with Crippen molar-refractivity contribution >= 4 is 11.9 Å². The summed E-state index contributed by atoms with van der Waals surface area (Å²) in [5, 5.41) is 2.07. The average molecular weight is 296 g/mol. The number of carbonyl (C=O) groups is 2. The summed E-state index contributed by atoms with van der Waals surface area (Å²) in [5.74, 6) is -0.867. The minimum absolute atomic E-state index is 0.220. The lowest BCUT2D eigenvalue weighted by Gasteiger charge is -2.31. The molecule has 20 heavy (non-hydrogen) atoms. The fourth-order valence-electron chi connectivity index (χ4n) is 2.05. The summed E-state index contributed by atoms with van der Waals surface area (Å²) < 4.78 is 40.7. The molecular formula is C12H19F3N2O3. The summed E-state index contributed by atoms with van der Waals surface area (Å²) >= 11 is 0. The van der Waals surface area contributed by atoms with E-state index in [1.165, 1.54) is 4.90 Å². The molecule has 0 unspecified atom stereocenters. The third-order valence-electron chi connectivity index (χ3n) is 3.07. The number of nitrogens with zero attached hydrogens (tertiary/aromatic N) is 1. The number of hydrogen-bond acceptors (Lipinski definition) is 4. The van der Waals surface area contributed by atoms with E-state index in [1.807, 2.05) is 0 Å².